The number of benzene rings is 2. The average molecular weight is 471 g/mol. The van der Waals surface area contributed by atoms with Crippen LogP contribution in [0, 0.1) is 0 Å². The lowest BCUT2D eigenvalue weighted by molar-refractivity contribution is -0.206. The Balaban J connectivity index is 1.54. The first-order chi connectivity index (χ1) is 16.3. The summed E-state index contributed by atoms with van der Waals surface area (Å²) in [5.74, 6) is -0.327. The van der Waals surface area contributed by atoms with Crippen LogP contribution in [0.15, 0.2) is 66.4 Å². The molecule has 1 N–H and O–H groups in total. The van der Waals surface area contributed by atoms with Crippen molar-refractivity contribution in [3.8, 4) is 5.75 Å². The largest absolute Gasteiger partial charge is 0.497 e. The lowest BCUT2D eigenvalue weighted by Crippen LogP contribution is -2.35. The molecule has 3 rings (SSSR count). The Morgan fingerprint density at radius 2 is 1.68 bits per heavy atom. The topological polar surface area (TPSA) is 83.5 Å². The first-order valence-corrected chi connectivity index (χ1v) is 11.5. The standard InChI is InChI=1S/C27H34O7/c1-27(2)33-25(17-26(29)34-27)16-22(28)15-24(13-14-31-18-20-7-5-4-6-8-20)32-19-21-9-11-23(30-3)12-10-21/h4-12,17,22,24,28H,13-16,18-19H2,1-3H3/t22-,24+/m1/s1. The molecule has 0 aliphatic carbocycles. The highest BCUT2D eigenvalue weighted by Gasteiger charge is 2.31. The van der Waals surface area contributed by atoms with Gasteiger partial charge in [-0.2, -0.15) is 0 Å². The van der Waals surface area contributed by atoms with Gasteiger partial charge in [-0.3, -0.25) is 0 Å². The maximum Gasteiger partial charge on any atom is 0.337 e. The van der Waals surface area contributed by atoms with Gasteiger partial charge in [0.2, 0.25) is 5.79 Å². The molecule has 0 radical (unpaired) electrons. The molecular formula is C27H34O7. The van der Waals surface area contributed by atoms with Crippen LogP contribution in [-0.2, 0) is 37.0 Å². The van der Waals surface area contributed by atoms with E-state index in [2.05, 4.69) is 0 Å². The van der Waals surface area contributed by atoms with Crippen LogP contribution in [0.25, 0.3) is 0 Å². The number of aliphatic hydroxyl groups excluding tert-OH is 1. The molecule has 0 aromatic heterocycles. The van der Waals surface area contributed by atoms with Crippen LogP contribution >= 0.6 is 0 Å². The summed E-state index contributed by atoms with van der Waals surface area (Å²) < 4.78 is 28.0. The van der Waals surface area contributed by atoms with E-state index in [1.54, 1.807) is 21.0 Å². The van der Waals surface area contributed by atoms with Gasteiger partial charge in [0.1, 0.15) is 11.5 Å². The predicted octanol–water partition coefficient (Wildman–Crippen LogP) is 4.52. The number of hydrogen-bond donors (Lipinski definition) is 1. The van der Waals surface area contributed by atoms with E-state index in [-0.39, 0.29) is 12.5 Å². The SMILES string of the molecule is COc1ccc(CO[C@@H](CCOCc2ccccc2)C[C@@H](O)CC2=CC(=O)OC(C)(C)O2)cc1. The Morgan fingerprint density at radius 1 is 0.971 bits per heavy atom. The van der Waals surface area contributed by atoms with Crippen molar-refractivity contribution in [2.45, 2.75) is 64.3 Å². The van der Waals surface area contributed by atoms with Crippen LogP contribution in [0.5, 0.6) is 5.75 Å². The summed E-state index contributed by atoms with van der Waals surface area (Å²) in [7, 11) is 1.63. The molecular weight excluding hydrogens is 436 g/mol. The Morgan fingerprint density at radius 3 is 2.35 bits per heavy atom. The van der Waals surface area contributed by atoms with E-state index >= 15 is 0 Å². The number of hydrogen-bond acceptors (Lipinski definition) is 7. The van der Waals surface area contributed by atoms with Crippen molar-refractivity contribution in [1.82, 2.24) is 0 Å². The predicted molar refractivity (Wildman–Crippen MR) is 127 cm³/mol. The van der Waals surface area contributed by atoms with Crippen LogP contribution in [0.3, 0.4) is 0 Å². The third-order valence-corrected chi connectivity index (χ3v) is 5.31. The summed E-state index contributed by atoms with van der Waals surface area (Å²) in [6, 6.07) is 17.7. The van der Waals surface area contributed by atoms with Crippen molar-refractivity contribution in [2.24, 2.45) is 0 Å². The summed E-state index contributed by atoms with van der Waals surface area (Å²) >= 11 is 0. The van der Waals surface area contributed by atoms with E-state index in [1.165, 1.54) is 6.08 Å². The van der Waals surface area contributed by atoms with E-state index in [0.717, 1.165) is 16.9 Å². The molecule has 7 nitrogen and oxygen atoms in total. The highest BCUT2D eigenvalue weighted by molar-refractivity contribution is 5.83. The maximum absolute atomic E-state index is 11.8. The Hall–Kier alpha value is -2.87. The zero-order chi connectivity index (χ0) is 24.4. The maximum atomic E-state index is 11.8. The van der Waals surface area contributed by atoms with Gasteiger partial charge in [0.05, 0.1) is 38.6 Å². The van der Waals surface area contributed by atoms with Gasteiger partial charge in [-0.1, -0.05) is 42.5 Å². The Bertz CT molecular complexity index is 922. The second-order valence-corrected chi connectivity index (χ2v) is 8.74. The van der Waals surface area contributed by atoms with E-state index < -0.39 is 17.9 Å². The summed E-state index contributed by atoms with van der Waals surface area (Å²) in [5.41, 5.74) is 2.11. The van der Waals surface area contributed by atoms with Crippen molar-refractivity contribution >= 4 is 5.97 Å². The van der Waals surface area contributed by atoms with Crippen LogP contribution in [-0.4, -0.2) is 42.8 Å². The number of aliphatic hydroxyl groups is 1. The molecule has 0 fully saturated rings. The fourth-order valence-corrected chi connectivity index (χ4v) is 3.67. The van der Waals surface area contributed by atoms with Crippen molar-refractivity contribution in [2.75, 3.05) is 13.7 Å². The Labute approximate surface area is 201 Å². The second-order valence-electron chi connectivity index (χ2n) is 8.74. The molecule has 1 aliphatic heterocycles. The molecule has 0 amide bonds. The fourth-order valence-electron chi connectivity index (χ4n) is 3.67. The number of methoxy groups -OCH3 is 1. The number of rotatable bonds is 13. The van der Waals surface area contributed by atoms with Gasteiger partial charge < -0.3 is 28.8 Å². The first kappa shape index (κ1) is 25.7. The highest BCUT2D eigenvalue weighted by Crippen LogP contribution is 2.26. The van der Waals surface area contributed by atoms with Crippen molar-refractivity contribution in [3.05, 3.63) is 77.6 Å². The quantitative estimate of drug-likeness (QED) is 0.340. The van der Waals surface area contributed by atoms with Gasteiger partial charge in [-0.05, 0) is 29.7 Å². The average Bonchev–Trinajstić information content (AvgIpc) is 2.79. The monoisotopic (exact) mass is 470 g/mol. The number of carbonyl (C=O) groups excluding carboxylic acids is 1. The molecule has 184 valence electrons. The molecule has 0 unspecified atom stereocenters. The molecule has 7 heteroatoms. The third-order valence-electron chi connectivity index (χ3n) is 5.31. The van der Waals surface area contributed by atoms with Crippen LogP contribution in [0.1, 0.15) is 44.2 Å². The summed E-state index contributed by atoms with van der Waals surface area (Å²) in [4.78, 5) is 11.8. The first-order valence-electron chi connectivity index (χ1n) is 11.5. The third kappa shape index (κ3) is 8.82. The molecule has 1 heterocycles. The zero-order valence-corrected chi connectivity index (χ0v) is 20.1. The molecule has 2 aromatic rings. The summed E-state index contributed by atoms with van der Waals surface area (Å²) in [6.45, 7) is 4.74. The lowest BCUT2D eigenvalue weighted by atomic mass is 10.0. The van der Waals surface area contributed by atoms with Gasteiger partial charge in [-0.15, -0.1) is 0 Å². The number of carbonyl (C=O) groups is 1. The lowest BCUT2D eigenvalue weighted by Gasteiger charge is -2.31. The minimum Gasteiger partial charge on any atom is -0.497 e. The van der Waals surface area contributed by atoms with Crippen LogP contribution < -0.4 is 4.74 Å². The number of ether oxygens (including phenoxy) is 5. The highest BCUT2D eigenvalue weighted by atomic mass is 16.7. The van der Waals surface area contributed by atoms with Gasteiger partial charge in [0, 0.05) is 33.3 Å². The molecule has 0 bridgehead atoms. The smallest absolute Gasteiger partial charge is 0.337 e. The number of cyclic esters (lactones) is 1. The van der Waals surface area contributed by atoms with Crippen molar-refractivity contribution in [3.63, 3.8) is 0 Å². The normalized spacial score (nSPS) is 16.7. The van der Waals surface area contributed by atoms with E-state index in [4.69, 9.17) is 23.7 Å². The van der Waals surface area contributed by atoms with Crippen LogP contribution in [0.2, 0.25) is 0 Å². The minimum absolute atomic E-state index is 0.200. The van der Waals surface area contributed by atoms with Crippen molar-refractivity contribution < 1.29 is 33.6 Å². The molecule has 2 atom stereocenters. The van der Waals surface area contributed by atoms with Crippen molar-refractivity contribution in [1.29, 1.82) is 0 Å². The van der Waals surface area contributed by atoms with E-state index in [9.17, 15) is 9.90 Å². The Kier molecular flexibility index (Phi) is 9.51. The molecule has 34 heavy (non-hydrogen) atoms. The number of esters is 1. The van der Waals surface area contributed by atoms with Gasteiger partial charge in [0.15, 0.2) is 0 Å². The van der Waals surface area contributed by atoms with E-state index in [1.807, 2.05) is 54.6 Å². The summed E-state index contributed by atoms with van der Waals surface area (Å²) in [5, 5.41) is 10.7. The van der Waals surface area contributed by atoms with Crippen LogP contribution in [0.4, 0.5) is 0 Å². The zero-order valence-electron chi connectivity index (χ0n) is 20.1. The molecule has 0 saturated carbocycles. The summed E-state index contributed by atoms with van der Waals surface area (Å²) in [6.07, 6.45) is 1.49. The van der Waals surface area contributed by atoms with Gasteiger partial charge in [0.25, 0.3) is 0 Å². The van der Waals surface area contributed by atoms with Gasteiger partial charge >= 0.3 is 5.97 Å². The molecule has 0 saturated heterocycles. The molecule has 2 aromatic carbocycles. The fraction of sp³-hybridized carbons (Fsp3) is 0.444. The minimum atomic E-state index is -1.05. The van der Waals surface area contributed by atoms with E-state index in [0.29, 0.717) is 38.4 Å². The second kappa shape index (κ2) is 12.6. The molecule has 0 spiro atoms. The van der Waals surface area contributed by atoms with Gasteiger partial charge in [-0.25, -0.2) is 4.79 Å². The molecule has 1 aliphatic rings.